The summed E-state index contributed by atoms with van der Waals surface area (Å²) in [6, 6.07) is 13.8. The van der Waals surface area contributed by atoms with E-state index in [1.165, 1.54) is 12.1 Å². The lowest BCUT2D eigenvalue weighted by Crippen LogP contribution is -2.07. The van der Waals surface area contributed by atoms with Crippen molar-refractivity contribution < 1.29 is 9.13 Å². The molecule has 4 heteroatoms. The van der Waals surface area contributed by atoms with Gasteiger partial charge >= 0.3 is 0 Å². The van der Waals surface area contributed by atoms with Crippen LogP contribution in [-0.2, 0) is 0 Å². The van der Waals surface area contributed by atoms with Crippen molar-refractivity contribution in [1.29, 1.82) is 5.26 Å². The Balaban J connectivity index is 2.16. The molecule has 0 radical (unpaired) electrons. The predicted octanol–water partition coefficient (Wildman–Crippen LogP) is 3.88. The van der Waals surface area contributed by atoms with E-state index < -0.39 is 5.82 Å². The zero-order valence-corrected chi connectivity index (χ0v) is 11.4. The van der Waals surface area contributed by atoms with E-state index >= 15 is 0 Å². The molecular weight excluding hydrogens is 255 g/mol. The summed E-state index contributed by atoms with van der Waals surface area (Å²) in [5.41, 5.74) is 1.94. The molecule has 0 heterocycles. The van der Waals surface area contributed by atoms with E-state index in [0.717, 1.165) is 11.3 Å². The summed E-state index contributed by atoms with van der Waals surface area (Å²) in [6.07, 6.45) is 0. The van der Waals surface area contributed by atoms with Crippen LogP contribution in [0.4, 0.5) is 10.1 Å². The lowest BCUT2D eigenvalue weighted by Gasteiger charge is -2.16. The molecule has 0 aromatic heterocycles. The fourth-order valence-electron chi connectivity index (χ4n) is 1.96. The van der Waals surface area contributed by atoms with Crippen LogP contribution in [0.5, 0.6) is 5.75 Å². The van der Waals surface area contributed by atoms with Crippen LogP contribution >= 0.6 is 0 Å². The van der Waals surface area contributed by atoms with Crippen molar-refractivity contribution in [2.24, 2.45) is 0 Å². The Morgan fingerprint density at radius 3 is 2.50 bits per heavy atom. The molecule has 0 saturated heterocycles. The molecule has 0 fully saturated rings. The molecule has 0 aliphatic heterocycles. The minimum atomic E-state index is -0.423. The summed E-state index contributed by atoms with van der Waals surface area (Å²) in [5, 5.41) is 12.0. The second kappa shape index (κ2) is 6.07. The van der Waals surface area contributed by atoms with Crippen molar-refractivity contribution in [2.45, 2.75) is 13.0 Å². The van der Waals surface area contributed by atoms with Crippen LogP contribution in [-0.4, -0.2) is 7.11 Å². The normalized spacial score (nSPS) is 11.5. The average Bonchev–Trinajstić information content (AvgIpc) is 2.46. The van der Waals surface area contributed by atoms with Gasteiger partial charge in [-0.15, -0.1) is 0 Å². The van der Waals surface area contributed by atoms with Gasteiger partial charge in [-0.2, -0.15) is 5.26 Å². The Morgan fingerprint density at radius 1 is 1.20 bits per heavy atom. The summed E-state index contributed by atoms with van der Waals surface area (Å²) >= 11 is 0. The van der Waals surface area contributed by atoms with Crippen LogP contribution < -0.4 is 10.1 Å². The highest BCUT2D eigenvalue weighted by Crippen LogP contribution is 2.22. The summed E-state index contributed by atoms with van der Waals surface area (Å²) in [4.78, 5) is 0. The Bertz CT molecular complexity index is 632. The van der Waals surface area contributed by atoms with Crippen LogP contribution in [0.1, 0.15) is 24.1 Å². The third-order valence-corrected chi connectivity index (χ3v) is 3.03. The van der Waals surface area contributed by atoms with Crippen molar-refractivity contribution in [3.8, 4) is 11.8 Å². The highest BCUT2D eigenvalue weighted by atomic mass is 19.1. The van der Waals surface area contributed by atoms with Gasteiger partial charge in [-0.1, -0.05) is 12.1 Å². The number of hydrogen-bond donors (Lipinski definition) is 1. The SMILES string of the molecule is COc1ccc(C(C)Nc2cc(F)cc(C#N)c2)cc1. The molecule has 0 amide bonds. The monoisotopic (exact) mass is 270 g/mol. The van der Waals surface area contributed by atoms with Gasteiger partial charge in [-0.05, 0) is 42.8 Å². The minimum absolute atomic E-state index is 0.00533. The largest absolute Gasteiger partial charge is 0.497 e. The molecule has 3 nitrogen and oxygen atoms in total. The number of anilines is 1. The van der Waals surface area contributed by atoms with E-state index in [-0.39, 0.29) is 6.04 Å². The van der Waals surface area contributed by atoms with E-state index in [1.54, 1.807) is 13.2 Å². The van der Waals surface area contributed by atoms with Crippen LogP contribution in [0, 0.1) is 17.1 Å². The Hall–Kier alpha value is -2.54. The third kappa shape index (κ3) is 3.27. The van der Waals surface area contributed by atoms with E-state index in [4.69, 9.17) is 10.00 Å². The Labute approximate surface area is 117 Å². The number of halogens is 1. The average molecular weight is 270 g/mol. The van der Waals surface area contributed by atoms with Gasteiger partial charge in [0.25, 0.3) is 0 Å². The minimum Gasteiger partial charge on any atom is -0.497 e. The Kier molecular flexibility index (Phi) is 4.21. The van der Waals surface area contributed by atoms with Crippen LogP contribution in [0.2, 0.25) is 0 Å². The molecule has 2 aromatic carbocycles. The van der Waals surface area contributed by atoms with E-state index in [2.05, 4.69) is 5.32 Å². The highest BCUT2D eigenvalue weighted by molar-refractivity contribution is 5.51. The molecule has 0 aliphatic carbocycles. The lowest BCUT2D eigenvalue weighted by molar-refractivity contribution is 0.414. The Morgan fingerprint density at radius 2 is 1.90 bits per heavy atom. The standard InChI is InChI=1S/C16H15FN2O/c1-11(13-3-5-16(20-2)6-4-13)19-15-8-12(10-18)7-14(17)9-15/h3-9,11,19H,1-2H3. The molecule has 20 heavy (non-hydrogen) atoms. The second-order valence-corrected chi connectivity index (χ2v) is 4.48. The molecule has 0 spiro atoms. The molecule has 1 atom stereocenters. The van der Waals surface area contributed by atoms with Gasteiger partial charge in [0.2, 0.25) is 0 Å². The van der Waals surface area contributed by atoms with Gasteiger partial charge < -0.3 is 10.1 Å². The first-order valence-electron chi connectivity index (χ1n) is 6.23. The van der Waals surface area contributed by atoms with Crippen LogP contribution in [0.3, 0.4) is 0 Å². The van der Waals surface area contributed by atoms with Crippen molar-refractivity contribution in [2.75, 3.05) is 12.4 Å². The van der Waals surface area contributed by atoms with E-state index in [1.807, 2.05) is 37.3 Å². The first kappa shape index (κ1) is 13.9. The topological polar surface area (TPSA) is 45.0 Å². The molecule has 2 rings (SSSR count). The number of rotatable bonds is 4. The predicted molar refractivity (Wildman–Crippen MR) is 76.1 cm³/mol. The molecule has 0 aliphatic rings. The lowest BCUT2D eigenvalue weighted by atomic mass is 10.1. The van der Waals surface area contributed by atoms with E-state index in [0.29, 0.717) is 11.3 Å². The van der Waals surface area contributed by atoms with Gasteiger partial charge in [-0.3, -0.25) is 0 Å². The molecule has 102 valence electrons. The van der Waals surface area contributed by atoms with Gasteiger partial charge in [-0.25, -0.2) is 4.39 Å². The van der Waals surface area contributed by atoms with E-state index in [9.17, 15) is 4.39 Å². The maximum Gasteiger partial charge on any atom is 0.126 e. The highest BCUT2D eigenvalue weighted by Gasteiger charge is 2.07. The molecular formula is C16H15FN2O. The summed E-state index contributed by atoms with van der Waals surface area (Å²) in [5.74, 6) is 0.368. The molecule has 1 unspecified atom stereocenters. The zero-order chi connectivity index (χ0) is 14.5. The number of methoxy groups -OCH3 is 1. The first-order chi connectivity index (χ1) is 9.62. The molecule has 0 bridgehead atoms. The van der Waals surface area contributed by atoms with Crippen molar-refractivity contribution in [1.82, 2.24) is 0 Å². The van der Waals surface area contributed by atoms with Crippen molar-refractivity contribution in [3.05, 3.63) is 59.4 Å². The van der Waals surface area contributed by atoms with Crippen molar-refractivity contribution >= 4 is 5.69 Å². The van der Waals surface area contributed by atoms with Gasteiger partial charge in [0.15, 0.2) is 0 Å². The third-order valence-electron chi connectivity index (χ3n) is 3.03. The van der Waals surface area contributed by atoms with Crippen molar-refractivity contribution in [3.63, 3.8) is 0 Å². The summed E-state index contributed by atoms with van der Waals surface area (Å²) in [6.45, 7) is 1.97. The summed E-state index contributed by atoms with van der Waals surface area (Å²) in [7, 11) is 1.62. The number of benzene rings is 2. The zero-order valence-electron chi connectivity index (χ0n) is 11.4. The van der Waals surface area contributed by atoms with Gasteiger partial charge in [0.1, 0.15) is 11.6 Å². The summed E-state index contributed by atoms with van der Waals surface area (Å²) < 4.78 is 18.5. The number of nitriles is 1. The maximum absolute atomic E-state index is 13.4. The van der Waals surface area contributed by atoms with Gasteiger partial charge in [0.05, 0.1) is 18.7 Å². The molecule has 1 N–H and O–H groups in total. The smallest absolute Gasteiger partial charge is 0.126 e. The van der Waals surface area contributed by atoms with Crippen LogP contribution in [0.25, 0.3) is 0 Å². The quantitative estimate of drug-likeness (QED) is 0.917. The fraction of sp³-hybridized carbons (Fsp3) is 0.188. The number of ether oxygens (including phenoxy) is 1. The van der Waals surface area contributed by atoms with Crippen LogP contribution in [0.15, 0.2) is 42.5 Å². The number of nitrogens with one attached hydrogen (secondary N) is 1. The number of nitrogens with zero attached hydrogens (tertiary/aromatic N) is 1. The second-order valence-electron chi connectivity index (χ2n) is 4.48. The maximum atomic E-state index is 13.4. The molecule has 2 aromatic rings. The van der Waals surface area contributed by atoms with Gasteiger partial charge in [0, 0.05) is 11.7 Å². The first-order valence-corrected chi connectivity index (χ1v) is 6.23. The number of hydrogen-bond acceptors (Lipinski definition) is 3. The molecule has 0 saturated carbocycles. The fourth-order valence-corrected chi connectivity index (χ4v) is 1.96.